The van der Waals surface area contributed by atoms with Crippen molar-refractivity contribution >= 4 is 33.7 Å². The summed E-state index contributed by atoms with van der Waals surface area (Å²) >= 11 is 0. The van der Waals surface area contributed by atoms with Gasteiger partial charge in [0.25, 0.3) is 0 Å². The van der Waals surface area contributed by atoms with Gasteiger partial charge in [0.05, 0.1) is 23.3 Å². The zero-order valence-electron chi connectivity index (χ0n) is 30.7. The topological polar surface area (TPSA) is 115 Å². The lowest BCUT2D eigenvalue weighted by Crippen LogP contribution is -2.57. The number of nitrogens with zero attached hydrogens (tertiary/aromatic N) is 7. The molecule has 2 aromatic heterocycles. The Hall–Kier alpha value is -4.36. The fraction of sp³-hybridized carbons (Fsp3) is 0.564. The summed E-state index contributed by atoms with van der Waals surface area (Å²) in [5, 5.41) is 11.7. The Morgan fingerprint density at radius 2 is 1.85 bits per heavy atom. The molecule has 8 rings (SSSR count). The van der Waals surface area contributed by atoms with E-state index in [-0.39, 0.29) is 36.5 Å². The predicted octanol–water partition coefficient (Wildman–Crippen LogP) is 6.33. The normalized spacial score (nSPS) is 24.5. The molecule has 276 valence electrons. The van der Waals surface area contributed by atoms with Crippen LogP contribution < -0.4 is 14.4 Å². The number of amides is 1. The monoisotopic (exact) mass is 713 g/mol. The van der Waals surface area contributed by atoms with Crippen LogP contribution in [0.4, 0.5) is 15.0 Å². The largest absolute Gasteiger partial charge is 0.468 e. The maximum Gasteiger partial charge on any atom is 0.410 e. The minimum Gasteiger partial charge on any atom is -0.468 e. The molecule has 4 saturated heterocycles. The molecule has 52 heavy (non-hydrogen) atoms. The molecule has 4 aliphatic rings. The lowest BCUT2D eigenvalue weighted by molar-refractivity contribution is 0.0122. The van der Waals surface area contributed by atoms with E-state index in [4.69, 9.17) is 39.1 Å². The highest BCUT2D eigenvalue weighted by Crippen LogP contribution is 2.42. The molecule has 4 atom stereocenters. The SMILES string of the molecule is CCc1cccc2cc(OCOC)cc(-c3cc4nc(OC[C@@]56CCCN5C[C@H](F)C6)nc(N5CC6CCC(C5)N6C(=O)OC(C)(C)C)c4nn3)c12. The number of hydrogen-bond donors (Lipinski definition) is 0. The van der Waals surface area contributed by atoms with Gasteiger partial charge in [0.2, 0.25) is 0 Å². The van der Waals surface area contributed by atoms with Crippen LogP contribution in [0.2, 0.25) is 0 Å². The Morgan fingerprint density at radius 1 is 1.04 bits per heavy atom. The first kappa shape index (κ1) is 34.7. The number of ether oxygens (including phenoxy) is 4. The van der Waals surface area contributed by atoms with E-state index in [1.807, 2.05) is 43.9 Å². The summed E-state index contributed by atoms with van der Waals surface area (Å²) in [5.41, 5.74) is 2.92. The lowest BCUT2D eigenvalue weighted by Gasteiger charge is -2.41. The van der Waals surface area contributed by atoms with Crippen molar-refractivity contribution in [2.75, 3.05) is 51.6 Å². The fourth-order valence-electron chi connectivity index (χ4n) is 8.84. The van der Waals surface area contributed by atoms with E-state index in [9.17, 15) is 9.18 Å². The van der Waals surface area contributed by atoms with Gasteiger partial charge >= 0.3 is 12.1 Å². The van der Waals surface area contributed by atoms with Gasteiger partial charge in [-0.15, -0.1) is 10.2 Å². The molecular formula is C39H48FN7O5. The number of carbonyl (C=O) groups excluding carboxylic acids is 1. The third-order valence-electron chi connectivity index (χ3n) is 11.1. The number of fused-ring (bicyclic) bond motifs is 5. The summed E-state index contributed by atoms with van der Waals surface area (Å²) in [5.74, 6) is 1.28. The fourth-order valence-corrected chi connectivity index (χ4v) is 8.84. The van der Waals surface area contributed by atoms with E-state index < -0.39 is 11.8 Å². The van der Waals surface area contributed by atoms with Crippen molar-refractivity contribution in [3.8, 4) is 23.0 Å². The quantitative estimate of drug-likeness (QED) is 0.181. The van der Waals surface area contributed by atoms with Crippen LogP contribution in [0.3, 0.4) is 0 Å². The molecule has 4 aliphatic heterocycles. The van der Waals surface area contributed by atoms with Crippen molar-refractivity contribution in [3.05, 3.63) is 42.0 Å². The number of halogens is 1. The Bertz CT molecular complexity index is 1980. The number of carbonyl (C=O) groups is 1. The minimum atomic E-state index is -0.863. The molecule has 4 fully saturated rings. The number of rotatable bonds is 9. The number of piperazine rings is 1. The molecule has 12 nitrogen and oxygen atoms in total. The molecule has 0 radical (unpaired) electrons. The number of aromatic nitrogens is 4. The number of benzene rings is 2. The highest BCUT2D eigenvalue weighted by Gasteiger charge is 2.50. The molecule has 0 aliphatic carbocycles. The van der Waals surface area contributed by atoms with Gasteiger partial charge < -0.3 is 23.8 Å². The maximum absolute atomic E-state index is 14.7. The van der Waals surface area contributed by atoms with Crippen molar-refractivity contribution in [2.24, 2.45) is 0 Å². The lowest BCUT2D eigenvalue weighted by atomic mass is 9.95. The molecular weight excluding hydrogens is 665 g/mol. The number of alkyl halides is 1. The predicted molar refractivity (Wildman–Crippen MR) is 196 cm³/mol. The molecule has 4 aromatic rings. The zero-order chi connectivity index (χ0) is 36.2. The molecule has 6 heterocycles. The average Bonchev–Trinajstić information content (AvgIpc) is 3.74. The van der Waals surface area contributed by atoms with E-state index in [1.165, 1.54) is 5.56 Å². The molecule has 0 N–H and O–H groups in total. The number of aryl methyl sites for hydroxylation is 1. The maximum atomic E-state index is 14.7. The number of methoxy groups -OCH3 is 1. The highest BCUT2D eigenvalue weighted by atomic mass is 19.1. The Morgan fingerprint density at radius 3 is 2.60 bits per heavy atom. The second kappa shape index (κ2) is 13.6. The molecule has 2 aromatic carbocycles. The van der Waals surface area contributed by atoms with Gasteiger partial charge in [-0.05, 0) is 94.0 Å². The van der Waals surface area contributed by atoms with Crippen molar-refractivity contribution in [3.63, 3.8) is 0 Å². The van der Waals surface area contributed by atoms with E-state index in [1.54, 1.807) is 7.11 Å². The van der Waals surface area contributed by atoms with Crippen LogP contribution in [-0.2, 0) is 15.9 Å². The van der Waals surface area contributed by atoms with Crippen molar-refractivity contribution < 1.29 is 28.1 Å². The molecule has 1 amide bonds. The van der Waals surface area contributed by atoms with Gasteiger partial charge in [-0.1, -0.05) is 25.1 Å². The van der Waals surface area contributed by atoms with Gasteiger partial charge in [-0.3, -0.25) is 9.80 Å². The van der Waals surface area contributed by atoms with Crippen molar-refractivity contribution in [2.45, 2.75) is 95.6 Å². The van der Waals surface area contributed by atoms with E-state index in [0.717, 1.165) is 55.0 Å². The van der Waals surface area contributed by atoms with Crippen LogP contribution >= 0.6 is 0 Å². The summed E-state index contributed by atoms with van der Waals surface area (Å²) in [6.45, 7) is 10.7. The first-order valence-corrected chi connectivity index (χ1v) is 18.6. The number of hydrogen-bond acceptors (Lipinski definition) is 11. The molecule has 2 unspecified atom stereocenters. The van der Waals surface area contributed by atoms with Crippen molar-refractivity contribution in [1.82, 2.24) is 30.0 Å². The highest BCUT2D eigenvalue weighted by molar-refractivity contribution is 6.00. The van der Waals surface area contributed by atoms with E-state index >= 15 is 0 Å². The summed E-state index contributed by atoms with van der Waals surface area (Å²) < 4.78 is 38.0. The first-order valence-electron chi connectivity index (χ1n) is 18.6. The summed E-state index contributed by atoms with van der Waals surface area (Å²) in [4.78, 5) is 29.5. The van der Waals surface area contributed by atoms with Crippen LogP contribution in [0.25, 0.3) is 33.1 Å². The summed E-state index contributed by atoms with van der Waals surface area (Å²) in [6, 6.07) is 12.3. The molecule has 13 heteroatoms. The van der Waals surface area contributed by atoms with Crippen LogP contribution in [0.5, 0.6) is 11.8 Å². The molecule has 0 spiro atoms. The van der Waals surface area contributed by atoms with Crippen LogP contribution in [-0.4, -0.2) is 112 Å². The van der Waals surface area contributed by atoms with Crippen LogP contribution in [0.1, 0.15) is 65.4 Å². The zero-order valence-corrected chi connectivity index (χ0v) is 30.7. The minimum absolute atomic E-state index is 0.0326. The molecule has 2 bridgehead atoms. The summed E-state index contributed by atoms with van der Waals surface area (Å²) in [7, 11) is 1.60. The molecule has 0 saturated carbocycles. The smallest absolute Gasteiger partial charge is 0.410 e. The summed E-state index contributed by atoms with van der Waals surface area (Å²) in [6.07, 6.45) is 3.80. The third kappa shape index (κ3) is 6.46. The van der Waals surface area contributed by atoms with Gasteiger partial charge in [0.1, 0.15) is 29.6 Å². The van der Waals surface area contributed by atoms with Crippen molar-refractivity contribution in [1.29, 1.82) is 0 Å². The standard InChI is InChI=1S/C39H48FN7O5/c1-6-24-9-7-10-25-15-29(51-23-49-5)16-30(33(24)25)31-17-32-34(44-43-31)35(42-36(41-32)50-22-39-13-8-14-46(39)19-26(40)18-39)45-20-27-11-12-28(21-45)47(27)37(48)52-38(2,3)4/h7,9-10,15-17,26-28H,6,8,11-14,18-23H2,1-5H3/t26-,27?,28?,39+/m1/s1. The Balaban J connectivity index is 1.20. The van der Waals surface area contributed by atoms with E-state index in [0.29, 0.717) is 61.0 Å². The van der Waals surface area contributed by atoms with Crippen LogP contribution in [0, 0.1) is 0 Å². The van der Waals surface area contributed by atoms with E-state index in [2.05, 4.69) is 34.9 Å². The third-order valence-corrected chi connectivity index (χ3v) is 11.1. The van der Waals surface area contributed by atoms with Gasteiger partial charge in [-0.2, -0.15) is 9.97 Å². The Labute approximate surface area is 303 Å². The average molecular weight is 714 g/mol. The second-order valence-corrected chi connectivity index (χ2v) is 15.7. The first-order chi connectivity index (χ1) is 25.0. The van der Waals surface area contributed by atoms with Gasteiger partial charge in [0, 0.05) is 38.7 Å². The number of anilines is 1. The second-order valence-electron chi connectivity index (χ2n) is 15.7. The van der Waals surface area contributed by atoms with Crippen LogP contribution in [0.15, 0.2) is 36.4 Å². The Kier molecular flexibility index (Phi) is 9.05. The van der Waals surface area contributed by atoms with Gasteiger partial charge in [0.15, 0.2) is 18.1 Å². The van der Waals surface area contributed by atoms with Gasteiger partial charge in [-0.25, -0.2) is 9.18 Å².